The molecule has 0 aromatic carbocycles. The van der Waals surface area contributed by atoms with Crippen molar-refractivity contribution in [2.45, 2.75) is 18.9 Å². The number of hydrogen-bond donors (Lipinski definition) is 5. The van der Waals surface area contributed by atoms with Crippen molar-refractivity contribution < 1.29 is 42.5 Å². The molecule has 0 saturated heterocycles. The normalized spacial score (nSPS) is 12.2. The van der Waals surface area contributed by atoms with Crippen LogP contribution in [0.5, 0.6) is 0 Å². The van der Waals surface area contributed by atoms with E-state index in [0.717, 1.165) is 0 Å². The number of carboxylic acid groups (broad SMARTS) is 2. The molecule has 0 radical (unpaired) electrons. The Balaban J connectivity index is 4.22. The largest absolute Gasteiger partial charge is 0.481 e. The van der Waals surface area contributed by atoms with E-state index in [1.54, 1.807) is 4.72 Å². The molecule has 0 rings (SSSR count). The number of ether oxygens (including phenoxy) is 1. The quantitative estimate of drug-likeness (QED) is 0.187. The van der Waals surface area contributed by atoms with Gasteiger partial charge < -0.3 is 25.1 Å². The van der Waals surface area contributed by atoms with E-state index >= 15 is 0 Å². The lowest BCUT2D eigenvalue weighted by molar-refractivity contribution is -0.137. The summed E-state index contributed by atoms with van der Waals surface area (Å²) in [6, 6.07) is -1.30. The van der Waals surface area contributed by atoms with E-state index in [-0.39, 0.29) is 32.3 Å². The van der Waals surface area contributed by atoms with Crippen molar-refractivity contribution in [2.24, 2.45) is 0 Å². The summed E-state index contributed by atoms with van der Waals surface area (Å²) in [6.45, 7) is -1.08. The van der Waals surface area contributed by atoms with Crippen molar-refractivity contribution in [2.75, 3.05) is 19.7 Å². The summed E-state index contributed by atoms with van der Waals surface area (Å²) in [4.78, 5) is 42.4. The van der Waals surface area contributed by atoms with Gasteiger partial charge in [0.1, 0.15) is 6.29 Å². The Labute approximate surface area is 131 Å². The second-order valence-electron chi connectivity index (χ2n) is 4.12. The molecule has 0 heterocycles. The van der Waals surface area contributed by atoms with Crippen LogP contribution in [0, 0.1) is 0 Å². The van der Waals surface area contributed by atoms with Crippen LogP contribution in [0.1, 0.15) is 12.8 Å². The van der Waals surface area contributed by atoms with E-state index < -0.39 is 40.8 Å². The van der Waals surface area contributed by atoms with Gasteiger partial charge in [-0.05, 0) is 6.42 Å². The van der Waals surface area contributed by atoms with E-state index in [0.29, 0.717) is 0 Å². The van der Waals surface area contributed by atoms with Crippen LogP contribution in [0.25, 0.3) is 0 Å². The van der Waals surface area contributed by atoms with Crippen LogP contribution in [0.2, 0.25) is 0 Å². The van der Waals surface area contributed by atoms with Crippen LogP contribution >= 0.6 is 0 Å². The Bertz CT molecular complexity index is 534. The second kappa shape index (κ2) is 10.5. The molecule has 0 aliphatic carbocycles. The van der Waals surface area contributed by atoms with Crippen molar-refractivity contribution >= 4 is 34.5 Å². The molecule has 0 saturated carbocycles. The minimum absolute atomic E-state index is 0.00625. The number of carbonyl (C=O) groups is 4. The van der Waals surface area contributed by atoms with Crippen molar-refractivity contribution in [1.29, 1.82) is 0 Å². The van der Waals surface area contributed by atoms with E-state index in [1.165, 1.54) is 4.72 Å². The molecular formula is C10H17N3O9S. The zero-order chi connectivity index (χ0) is 17.9. The lowest BCUT2D eigenvalue weighted by Crippen LogP contribution is -2.49. The number of hydrogen-bond acceptors (Lipinski definition) is 8. The Hall–Kier alpha value is -2.25. The first kappa shape index (κ1) is 20.8. The molecule has 23 heavy (non-hydrogen) atoms. The standard InChI is InChI=1S/C10H17N3O9S/c14-6-7(4-11-5-9(17)18)12-23(20,21)13-10(19)22-3-1-2-8(15)16/h6-7,11-12H,1-5H2,(H,13,19)(H,15,16)(H,17,18). The molecular weight excluding hydrogens is 338 g/mol. The Morgan fingerprint density at radius 3 is 2.35 bits per heavy atom. The monoisotopic (exact) mass is 355 g/mol. The molecule has 0 bridgehead atoms. The molecule has 0 aliphatic heterocycles. The molecule has 12 nitrogen and oxygen atoms in total. The van der Waals surface area contributed by atoms with Crippen molar-refractivity contribution in [3.8, 4) is 0 Å². The van der Waals surface area contributed by atoms with Crippen LogP contribution in [-0.2, 0) is 29.3 Å². The number of carboxylic acids is 2. The minimum Gasteiger partial charge on any atom is -0.481 e. The fourth-order valence-electron chi connectivity index (χ4n) is 1.21. The van der Waals surface area contributed by atoms with Gasteiger partial charge in [0, 0.05) is 13.0 Å². The van der Waals surface area contributed by atoms with Crippen LogP contribution in [0.3, 0.4) is 0 Å². The Morgan fingerprint density at radius 2 is 1.83 bits per heavy atom. The second-order valence-corrected chi connectivity index (χ2v) is 5.57. The smallest absolute Gasteiger partial charge is 0.421 e. The van der Waals surface area contributed by atoms with Crippen LogP contribution < -0.4 is 14.8 Å². The molecule has 0 fully saturated rings. The van der Waals surface area contributed by atoms with Gasteiger partial charge in [0.05, 0.1) is 19.2 Å². The molecule has 0 aliphatic rings. The highest BCUT2D eigenvalue weighted by Gasteiger charge is 2.20. The summed E-state index contributed by atoms with van der Waals surface area (Å²) in [6.07, 6.45) is -1.37. The van der Waals surface area contributed by atoms with E-state index in [1.807, 2.05) is 0 Å². The third-order valence-corrected chi connectivity index (χ3v) is 3.15. The number of carbonyl (C=O) groups excluding carboxylic acids is 2. The van der Waals surface area contributed by atoms with Gasteiger partial charge in [-0.15, -0.1) is 0 Å². The van der Waals surface area contributed by atoms with E-state index in [4.69, 9.17) is 10.2 Å². The minimum atomic E-state index is -4.41. The van der Waals surface area contributed by atoms with Gasteiger partial charge in [-0.3, -0.25) is 9.59 Å². The molecule has 0 aromatic rings. The summed E-state index contributed by atoms with van der Waals surface area (Å²) in [5, 5.41) is 19.1. The highest BCUT2D eigenvalue weighted by atomic mass is 32.2. The van der Waals surface area contributed by atoms with Crippen molar-refractivity contribution in [3.63, 3.8) is 0 Å². The maximum absolute atomic E-state index is 11.5. The first-order valence-corrected chi connectivity index (χ1v) is 7.71. The van der Waals surface area contributed by atoms with Gasteiger partial charge in [0.25, 0.3) is 0 Å². The Kier molecular flexibility index (Phi) is 9.45. The van der Waals surface area contributed by atoms with Crippen LogP contribution in [0.4, 0.5) is 4.79 Å². The summed E-state index contributed by atoms with van der Waals surface area (Å²) < 4.78 is 30.8. The summed E-state index contributed by atoms with van der Waals surface area (Å²) in [5.41, 5.74) is 0. The van der Waals surface area contributed by atoms with Gasteiger partial charge in [0.2, 0.25) is 0 Å². The number of rotatable bonds is 12. The summed E-state index contributed by atoms with van der Waals surface area (Å²) in [5.74, 6) is -2.29. The van der Waals surface area contributed by atoms with E-state index in [2.05, 4.69) is 10.1 Å². The van der Waals surface area contributed by atoms with Gasteiger partial charge >= 0.3 is 28.2 Å². The van der Waals surface area contributed by atoms with Gasteiger partial charge in [-0.25, -0.2) is 9.52 Å². The molecule has 13 heteroatoms. The highest BCUT2D eigenvalue weighted by molar-refractivity contribution is 7.88. The predicted molar refractivity (Wildman–Crippen MR) is 73.8 cm³/mol. The zero-order valence-electron chi connectivity index (χ0n) is 11.9. The molecule has 0 aromatic heterocycles. The topological polar surface area (TPSA) is 188 Å². The third kappa shape index (κ3) is 12.0. The lowest BCUT2D eigenvalue weighted by atomic mass is 10.3. The first-order chi connectivity index (χ1) is 10.7. The maximum Gasteiger partial charge on any atom is 0.421 e. The number of aldehydes is 1. The third-order valence-electron chi connectivity index (χ3n) is 2.10. The average Bonchev–Trinajstić information content (AvgIpc) is 2.41. The van der Waals surface area contributed by atoms with Gasteiger partial charge in [-0.1, -0.05) is 0 Å². The summed E-state index contributed by atoms with van der Waals surface area (Å²) >= 11 is 0. The molecule has 132 valence electrons. The number of nitrogens with one attached hydrogen (secondary N) is 3. The van der Waals surface area contributed by atoms with Crippen LogP contribution in [0.15, 0.2) is 0 Å². The zero-order valence-corrected chi connectivity index (χ0v) is 12.7. The first-order valence-electron chi connectivity index (χ1n) is 6.22. The van der Waals surface area contributed by atoms with Gasteiger partial charge in [-0.2, -0.15) is 13.1 Å². The molecule has 1 amide bonds. The number of amides is 1. The fourth-order valence-corrected chi connectivity index (χ4v) is 2.08. The van der Waals surface area contributed by atoms with Crippen LogP contribution in [-0.4, -0.2) is 68.7 Å². The van der Waals surface area contributed by atoms with E-state index in [9.17, 15) is 27.6 Å². The molecule has 1 unspecified atom stereocenters. The lowest BCUT2D eigenvalue weighted by Gasteiger charge is -2.13. The molecule has 0 spiro atoms. The molecule has 1 atom stereocenters. The maximum atomic E-state index is 11.5. The van der Waals surface area contributed by atoms with Gasteiger partial charge in [0.15, 0.2) is 0 Å². The van der Waals surface area contributed by atoms with Crippen molar-refractivity contribution in [3.05, 3.63) is 0 Å². The summed E-state index contributed by atoms with van der Waals surface area (Å²) in [7, 11) is -4.41. The number of aliphatic carboxylic acids is 2. The SMILES string of the molecule is O=CC(CNCC(=O)O)NS(=O)(=O)NC(=O)OCCCC(=O)O. The predicted octanol–water partition coefficient (Wildman–Crippen LogP) is -2.35. The fraction of sp³-hybridized carbons (Fsp3) is 0.600. The molecule has 5 N–H and O–H groups in total. The Morgan fingerprint density at radius 1 is 1.17 bits per heavy atom. The average molecular weight is 355 g/mol. The van der Waals surface area contributed by atoms with Crippen molar-refractivity contribution in [1.82, 2.24) is 14.8 Å². The highest BCUT2D eigenvalue weighted by Crippen LogP contribution is 1.92.